The lowest BCUT2D eigenvalue weighted by Crippen LogP contribution is -2.39. The van der Waals surface area contributed by atoms with E-state index in [2.05, 4.69) is 26.8 Å². The van der Waals surface area contributed by atoms with Gasteiger partial charge in [-0.2, -0.15) is 0 Å². The van der Waals surface area contributed by atoms with E-state index in [1.54, 1.807) is 20.3 Å². The maximum Gasteiger partial charge on any atom is 0.107 e. The number of rotatable bonds is 4. The molecule has 3 heteroatoms. The van der Waals surface area contributed by atoms with Crippen molar-refractivity contribution in [1.29, 1.82) is 0 Å². The fraction of sp³-hybridized carbons (Fsp3) is 0.625. The van der Waals surface area contributed by atoms with Gasteiger partial charge >= 0.3 is 0 Å². The normalized spacial score (nSPS) is 21.3. The molecule has 0 bridgehead atoms. The maximum atomic E-state index is 10.4. The summed E-state index contributed by atoms with van der Waals surface area (Å²) in [7, 11) is 3.29. The van der Waals surface area contributed by atoms with Crippen molar-refractivity contribution in [3.63, 3.8) is 0 Å². The summed E-state index contributed by atoms with van der Waals surface area (Å²) in [5, 5.41) is 10.4. The summed E-state index contributed by atoms with van der Waals surface area (Å²) >= 11 is 0. The summed E-state index contributed by atoms with van der Waals surface area (Å²) in [6, 6.07) is 0. The van der Waals surface area contributed by atoms with E-state index in [1.807, 2.05) is 13.0 Å². The van der Waals surface area contributed by atoms with E-state index in [0.29, 0.717) is 19.0 Å². The Kier molecular flexibility index (Phi) is 4.99. The summed E-state index contributed by atoms with van der Waals surface area (Å²) in [5.41, 5.74) is 1.70. The highest BCUT2D eigenvalue weighted by atomic mass is 16.5. The third-order valence-electron chi connectivity index (χ3n) is 3.58. The van der Waals surface area contributed by atoms with E-state index in [9.17, 15) is 5.11 Å². The lowest BCUT2D eigenvalue weighted by Gasteiger charge is -2.41. The van der Waals surface area contributed by atoms with Crippen LogP contribution in [0.2, 0.25) is 0 Å². The molecule has 0 aromatic carbocycles. The van der Waals surface area contributed by atoms with Crippen LogP contribution in [0.1, 0.15) is 27.7 Å². The number of ether oxygens (including phenoxy) is 2. The molecule has 19 heavy (non-hydrogen) atoms. The first kappa shape index (κ1) is 16.0. The molecule has 0 spiro atoms. The Morgan fingerprint density at radius 3 is 2.05 bits per heavy atom. The number of aliphatic hydroxyl groups excluding tert-OH is 1. The molecular formula is C16H26O3. The molecule has 1 aliphatic rings. The van der Waals surface area contributed by atoms with Gasteiger partial charge in [-0.1, -0.05) is 32.9 Å². The molecule has 0 aromatic rings. The van der Waals surface area contributed by atoms with Crippen molar-refractivity contribution in [2.24, 2.45) is 10.8 Å². The van der Waals surface area contributed by atoms with Gasteiger partial charge in [0, 0.05) is 14.2 Å². The molecule has 1 aliphatic carbocycles. The second-order valence-corrected chi connectivity index (χ2v) is 6.03. The number of methoxy groups -OCH3 is 2. The first-order valence-electron chi connectivity index (χ1n) is 6.60. The van der Waals surface area contributed by atoms with Gasteiger partial charge < -0.3 is 14.6 Å². The van der Waals surface area contributed by atoms with Crippen LogP contribution in [0.3, 0.4) is 0 Å². The Morgan fingerprint density at radius 2 is 1.68 bits per heavy atom. The molecule has 0 saturated heterocycles. The van der Waals surface area contributed by atoms with Crippen molar-refractivity contribution in [3.8, 4) is 0 Å². The van der Waals surface area contributed by atoms with Gasteiger partial charge in [-0.05, 0) is 29.6 Å². The van der Waals surface area contributed by atoms with E-state index >= 15 is 0 Å². The van der Waals surface area contributed by atoms with Crippen LogP contribution in [0.25, 0.3) is 0 Å². The molecule has 0 radical (unpaired) electrons. The minimum absolute atomic E-state index is 0.00573. The minimum atomic E-state index is -0.602. The van der Waals surface area contributed by atoms with E-state index in [-0.39, 0.29) is 5.41 Å². The molecule has 0 unspecified atom stereocenters. The fourth-order valence-corrected chi connectivity index (χ4v) is 2.73. The minimum Gasteiger partial charge on any atom is -0.511 e. The van der Waals surface area contributed by atoms with Crippen LogP contribution in [0.5, 0.6) is 0 Å². The van der Waals surface area contributed by atoms with Crippen molar-refractivity contribution in [2.45, 2.75) is 27.7 Å². The maximum absolute atomic E-state index is 10.4. The number of hydrogen-bond donors (Lipinski definition) is 1. The van der Waals surface area contributed by atoms with E-state index in [4.69, 9.17) is 9.47 Å². The summed E-state index contributed by atoms with van der Waals surface area (Å²) in [6.45, 7) is 9.30. The van der Waals surface area contributed by atoms with Crippen LogP contribution in [0, 0.1) is 10.8 Å². The van der Waals surface area contributed by atoms with Gasteiger partial charge in [-0.25, -0.2) is 0 Å². The average molecular weight is 266 g/mol. The van der Waals surface area contributed by atoms with Gasteiger partial charge in [0.15, 0.2) is 0 Å². The zero-order valence-corrected chi connectivity index (χ0v) is 12.9. The zero-order valence-electron chi connectivity index (χ0n) is 12.9. The molecule has 0 amide bonds. The smallest absolute Gasteiger partial charge is 0.107 e. The van der Waals surface area contributed by atoms with Gasteiger partial charge in [0.25, 0.3) is 0 Å². The van der Waals surface area contributed by atoms with Crippen molar-refractivity contribution in [3.05, 3.63) is 35.1 Å². The van der Waals surface area contributed by atoms with Gasteiger partial charge in [0.1, 0.15) is 5.76 Å². The Labute approximate surface area is 116 Å². The molecule has 1 rings (SSSR count). The number of allylic oxidation sites excluding steroid dienone is 4. The standard InChI is InChI=1S/C16H26O3/c1-7-12-13(15(2,3)4)8-9-14(17)16(12,10-18-5)11-19-6/h7-9,17H,10-11H2,1-6H3. The zero-order chi connectivity index (χ0) is 14.7. The lowest BCUT2D eigenvalue weighted by atomic mass is 9.67. The number of aliphatic hydroxyl groups is 1. The van der Waals surface area contributed by atoms with Gasteiger partial charge in [0.2, 0.25) is 0 Å². The molecule has 0 heterocycles. The summed E-state index contributed by atoms with van der Waals surface area (Å²) in [5.74, 6) is 0.303. The fourth-order valence-electron chi connectivity index (χ4n) is 2.73. The highest BCUT2D eigenvalue weighted by Gasteiger charge is 2.44. The van der Waals surface area contributed by atoms with E-state index < -0.39 is 5.41 Å². The van der Waals surface area contributed by atoms with Crippen LogP contribution in [-0.2, 0) is 9.47 Å². The van der Waals surface area contributed by atoms with Crippen molar-refractivity contribution in [1.82, 2.24) is 0 Å². The molecule has 0 aliphatic heterocycles. The molecule has 1 N–H and O–H groups in total. The van der Waals surface area contributed by atoms with Crippen LogP contribution in [0.15, 0.2) is 35.1 Å². The molecule has 108 valence electrons. The predicted octanol–water partition coefficient (Wildman–Crippen LogP) is 3.64. The Balaban J connectivity index is 3.39. The van der Waals surface area contributed by atoms with Crippen LogP contribution < -0.4 is 0 Å². The van der Waals surface area contributed by atoms with Gasteiger partial charge in [-0.3, -0.25) is 0 Å². The summed E-state index contributed by atoms with van der Waals surface area (Å²) in [4.78, 5) is 0. The first-order valence-corrected chi connectivity index (χ1v) is 6.60. The molecule has 0 fully saturated rings. The third-order valence-corrected chi connectivity index (χ3v) is 3.58. The molecule has 3 nitrogen and oxygen atoms in total. The predicted molar refractivity (Wildman–Crippen MR) is 78.2 cm³/mol. The summed E-state index contributed by atoms with van der Waals surface area (Å²) in [6.07, 6.45) is 5.82. The van der Waals surface area contributed by atoms with Gasteiger partial charge in [-0.15, -0.1) is 0 Å². The van der Waals surface area contributed by atoms with Crippen LogP contribution in [-0.4, -0.2) is 32.5 Å². The van der Waals surface area contributed by atoms with E-state index in [1.165, 1.54) is 5.57 Å². The van der Waals surface area contributed by atoms with Crippen molar-refractivity contribution < 1.29 is 14.6 Å². The highest BCUT2D eigenvalue weighted by Crippen LogP contribution is 2.47. The molecule has 0 aromatic heterocycles. The average Bonchev–Trinajstić information content (AvgIpc) is 2.31. The Morgan fingerprint density at radius 1 is 1.16 bits per heavy atom. The summed E-state index contributed by atoms with van der Waals surface area (Å²) < 4.78 is 10.7. The first-order chi connectivity index (χ1) is 8.83. The number of hydrogen-bond acceptors (Lipinski definition) is 3. The van der Waals surface area contributed by atoms with Crippen molar-refractivity contribution in [2.75, 3.05) is 27.4 Å². The van der Waals surface area contributed by atoms with Crippen molar-refractivity contribution >= 4 is 0 Å². The second-order valence-electron chi connectivity index (χ2n) is 6.03. The second kappa shape index (κ2) is 5.93. The quantitative estimate of drug-likeness (QED) is 0.844. The van der Waals surface area contributed by atoms with E-state index in [0.717, 1.165) is 5.57 Å². The molecular weight excluding hydrogens is 240 g/mol. The Bertz CT molecular complexity index is 402. The molecule has 0 atom stereocenters. The lowest BCUT2D eigenvalue weighted by molar-refractivity contribution is 0.0301. The third kappa shape index (κ3) is 2.93. The monoisotopic (exact) mass is 266 g/mol. The molecule has 0 saturated carbocycles. The highest BCUT2D eigenvalue weighted by molar-refractivity contribution is 5.50. The van der Waals surface area contributed by atoms with Crippen LogP contribution >= 0.6 is 0 Å². The Hall–Kier alpha value is -1.06. The van der Waals surface area contributed by atoms with Crippen LogP contribution in [0.4, 0.5) is 0 Å². The topological polar surface area (TPSA) is 38.7 Å². The van der Waals surface area contributed by atoms with Gasteiger partial charge in [0.05, 0.1) is 18.6 Å². The SMILES string of the molecule is CC=C1C(C(C)(C)C)=CC=C(O)C1(COC)COC. The largest absolute Gasteiger partial charge is 0.511 e.